The van der Waals surface area contributed by atoms with Crippen LogP contribution in [-0.4, -0.2) is 0 Å². The Morgan fingerprint density at radius 2 is 1.93 bits per heavy atom. The van der Waals surface area contributed by atoms with Gasteiger partial charge >= 0.3 is 0 Å². The molecule has 84 valence electrons. The van der Waals surface area contributed by atoms with Crippen molar-refractivity contribution in [2.24, 2.45) is 5.41 Å². The summed E-state index contributed by atoms with van der Waals surface area (Å²) in [4.78, 5) is 0. The Hall–Kier alpha value is -0.170. The molecule has 0 saturated heterocycles. The van der Waals surface area contributed by atoms with E-state index in [0.29, 0.717) is 5.41 Å². The monoisotopic (exact) mass is 368 g/mol. The molecule has 0 aromatic rings. The molecule has 0 bridgehead atoms. The molecule has 0 heterocycles. The number of hydrogen-bond acceptors (Lipinski definition) is 0. The zero-order valence-electron chi connectivity index (χ0n) is 11.8. The van der Waals surface area contributed by atoms with E-state index in [9.17, 15) is 0 Å². The van der Waals surface area contributed by atoms with E-state index in [4.69, 9.17) is 0 Å². The summed E-state index contributed by atoms with van der Waals surface area (Å²) >= 11 is 0. The fraction of sp³-hybridized carbons (Fsp3) is 0.429. The van der Waals surface area contributed by atoms with Crippen LogP contribution in [0.1, 0.15) is 36.5 Å². The first-order chi connectivity index (χ1) is 6.61. The molecule has 0 radical (unpaired) electrons. The SMILES string of the molecule is CC(C)(C)C1=[C-]CC=C1.[C-]1=CC=CC1.[H-].[H-].[Hf]. The van der Waals surface area contributed by atoms with Crippen molar-refractivity contribution in [3.05, 3.63) is 48.1 Å². The average Bonchev–Trinajstić information content (AvgIpc) is 2.80. The van der Waals surface area contributed by atoms with Crippen LogP contribution in [-0.2, 0) is 25.8 Å². The molecule has 0 saturated carbocycles. The summed E-state index contributed by atoms with van der Waals surface area (Å²) < 4.78 is 0. The van der Waals surface area contributed by atoms with Crippen LogP contribution in [0.2, 0.25) is 0 Å². The quantitative estimate of drug-likeness (QED) is 0.444. The Morgan fingerprint density at radius 1 is 1.20 bits per heavy atom. The minimum absolute atomic E-state index is 0. The van der Waals surface area contributed by atoms with Crippen LogP contribution in [0.25, 0.3) is 0 Å². The van der Waals surface area contributed by atoms with Gasteiger partial charge in [-0.2, -0.15) is 12.2 Å². The molecule has 0 amide bonds. The normalized spacial score (nSPS) is 16.9. The summed E-state index contributed by atoms with van der Waals surface area (Å²) in [6.07, 6.45) is 18.6. The first-order valence-electron chi connectivity index (χ1n) is 5.10. The van der Waals surface area contributed by atoms with Crippen LogP contribution in [0.15, 0.2) is 36.0 Å². The molecule has 2 aliphatic carbocycles. The molecule has 0 atom stereocenters. The van der Waals surface area contributed by atoms with Crippen molar-refractivity contribution < 1.29 is 28.7 Å². The average molecular weight is 367 g/mol. The topological polar surface area (TPSA) is 0 Å². The summed E-state index contributed by atoms with van der Waals surface area (Å²) in [5.74, 6) is 0. The second-order valence-corrected chi connectivity index (χ2v) is 4.45. The van der Waals surface area contributed by atoms with Crippen LogP contribution in [0.3, 0.4) is 0 Å². The number of allylic oxidation sites excluding steroid dienone is 8. The molecule has 2 rings (SSSR count). The second kappa shape index (κ2) is 7.16. The summed E-state index contributed by atoms with van der Waals surface area (Å²) in [7, 11) is 0. The van der Waals surface area contributed by atoms with Crippen LogP contribution in [0, 0.1) is 17.6 Å². The van der Waals surface area contributed by atoms with Crippen LogP contribution < -0.4 is 0 Å². The van der Waals surface area contributed by atoms with E-state index in [-0.39, 0.29) is 28.7 Å². The standard InChI is InChI=1S/C9H13.C5H5.Hf.2H/c1-9(2,3)8-6-4-5-7-8;1-2-4-5-3-1;;;/h4,6H,5H2,1-3H3;1-3H,4H2;;;/q2*-1;;2*-1. The molecule has 0 N–H and O–H groups in total. The van der Waals surface area contributed by atoms with Crippen molar-refractivity contribution in [1.82, 2.24) is 0 Å². The molecule has 2 aliphatic rings. The number of rotatable bonds is 0. The van der Waals surface area contributed by atoms with E-state index in [1.54, 1.807) is 0 Å². The van der Waals surface area contributed by atoms with Gasteiger partial charge in [-0.1, -0.05) is 20.8 Å². The Morgan fingerprint density at radius 3 is 2.13 bits per heavy atom. The van der Waals surface area contributed by atoms with E-state index in [1.807, 2.05) is 12.2 Å². The third kappa shape index (κ3) is 6.09. The summed E-state index contributed by atoms with van der Waals surface area (Å²) in [5.41, 5.74) is 1.65. The van der Waals surface area contributed by atoms with Gasteiger partial charge in [0.2, 0.25) is 0 Å². The summed E-state index contributed by atoms with van der Waals surface area (Å²) in [6.45, 7) is 6.64. The van der Waals surface area contributed by atoms with Crippen molar-refractivity contribution in [2.75, 3.05) is 0 Å². The Labute approximate surface area is 116 Å². The van der Waals surface area contributed by atoms with E-state index in [2.05, 4.69) is 51.2 Å². The fourth-order valence-electron chi connectivity index (χ4n) is 1.26. The van der Waals surface area contributed by atoms with Crippen LogP contribution in [0.4, 0.5) is 0 Å². The Balaban J connectivity index is -0.000000216. The van der Waals surface area contributed by atoms with Crippen molar-refractivity contribution in [3.63, 3.8) is 0 Å². The number of hydrogen-bond donors (Lipinski definition) is 0. The summed E-state index contributed by atoms with van der Waals surface area (Å²) in [5, 5.41) is 0. The molecule has 0 fully saturated rings. The zero-order valence-corrected chi connectivity index (χ0v) is 13.4. The minimum atomic E-state index is 0. The molecular formula is C14H20Hf-4. The van der Waals surface area contributed by atoms with Gasteiger partial charge in [-0.15, -0.1) is 12.8 Å². The van der Waals surface area contributed by atoms with Gasteiger partial charge in [-0.05, 0) is 5.41 Å². The molecule has 0 aliphatic heterocycles. The molecule has 0 aromatic heterocycles. The fourth-order valence-corrected chi connectivity index (χ4v) is 1.26. The molecule has 0 aromatic carbocycles. The molecule has 0 nitrogen and oxygen atoms in total. The Bertz CT molecular complexity index is 284. The van der Waals surface area contributed by atoms with Crippen molar-refractivity contribution in [3.8, 4) is 0 Å². The van der Waals surface area contributed by atoms with Gasteiger partial charge in [0, 0.05) is 25.8 Å². The molecule has 0 spiro atoms. The van der Waals surface area contributed by atoms with E-state index in [1.165, 1.54) is 5.57 Å². The maximum absolute atomic E-state index is 3.30. The third-order valence-corrected chi connectivity index (χ3v) is 2.09. The van der Waals surface area contributed by atoms with E-state index in [0.717, 1.165) is 12.8 Å². The van der Waals surface area contributed by atoms with E-state index < -0.39 is 0 Å². The minimum Gasteiger partial charge on any atom is -1.00 e. The second-order valence-electron chi connectivity index (χ2n) is 4.45. The Kier molecular flexibility index (Phi) is 7.08. The van der Waals surface area contributed by atoms with Crippen molar-refractivity contribution >= 4 is 0 Å². The smallest absolute Gasteiger partial charge is 0 e. The van der Waals surface area contributed by atoms with Crippen LogP contribution >= 0.6 is 0 Å². The van der Waals surface area contributed by atoms with Crippen molar-refractivity contribution in [2.45, 2.75) is 33.6 Å². The van der Waals surface area contributed by atoms with Crippen LogP contribution in [0.5, 0.6) is 0 Å². The predicted molar refractivity (Wildman–Crippen MR) is 63.8 cm³/mol. The maximum atomic E-state index is 3.30. The first kappa shape index (κ1) is 14.8. The summed E-state index contributed by atoms with van der Waals surface area (Å²) in [6, 6.07) is 0. The van der Waals surface area contributed by atoms with Gasteiger partial charge in [-0.3, -0.25) is 12.2 Å². The van der Waals surface area contributed by atoms with Gasteiger partial charge in [0.15, 0.2) is 0 Å². The maximum Gasteiger partial charge on any atom is 0 e. The first-order valence-corrected chi connectivity index (χ1v) is 5.10. The van der Waals surface area contributed by atoms with Gasteiger partial charge in [-0.25, -0.2) is 23.8 Å². The van der Waals surface area contributed by atoms with Gasteiger partial charge in [0.25, 0.3) is 0 Å². The molecular weight excluding hydrogens is 347 g/mol. The van der Waals surface area contributed by atoms with Gasteiger partial charge in [0.1, 0.15) is 0 Å². The largest absolute Gasteiger partial charge is 1.00 e. The molecule has 0 unspecified atom stereocenters. The van der Waals surface area contributed by atoms with Gasteiger partial charge in [0.05, 0.1) is 0 Å². The molecule has 1 heteroatoms. The molecule has 15 heavy (non-hydrogen) atoms. The van der Waals surface area contributed by atoms with E-state index >= 15 is 0 Å². The zero-order chi connectivity index (χ0) is 10.4. The van der Waals surface area contributed by atoms with Crippen molar-refractivity contribution in [1.29, 1.82) is 0 Å². The predicted octanol–water partition coefficient (Wildman–Crippen LogP) is 4.25. The third-order valence-electron chi connectivity index (χ3n) is 2.09. The van der Waals surface area contributed by atoms with Gasteiger partial charge < -0.3 is 2.85 Å².